The van der Waals surface area contributed by atoms with Crippen LogP contribution < -0.4 is 5.32 Å². The zero-order valence-corrected chi connectivity index (χ0v) is 15.1. The highest BCUT2D eigenvalue weighted by atomic mass is 16.2. The molecule has 4 heteroatoms. The molecule has 1 aromatic rings. The van der Waals surface area contributed by atoms with Gasteiger partial charge in [-0.25, -0.2) is 0 Å². The van der Waals surface area contributed by atoms with Crippen molar-refractivity contribution in [2.75, 3.05) is 32.7 Å². The number of hydrogen-bond acceptors (Lipinski definition) is 3. The molecule has 0 aliphatic carbocycles. The Morgan fingerprint density at radius 3 is 2.48 bits per heavy atom. The molecule has 1 heterocycles. The normalized spacial score (nSPS) is 13.7. The lowest BCUT2D eigenvalue weighted by atomic mass is 10.0. The standard InChI is InChI=1S/C19H31N3O/c1-5-21(6-2)9-10-22(14-15(3)4)19(23)16-7-8-17-12-20-13-18(17)11-16/h7-8,11,15,20H,5-6,9-10,12-14H2,1-4H3. The fourth-order valence-electron chi connectivity index (χ4n) is 3.13. The minimum atomic E-state index is 0.167. The van der Waals surface area contributed by atoms with Gasteiger partial charge < -0.3 is 15.1 Å². The Hall–Kier alpha value is -1.39. The predicted molar refractivity (Wildman–Crippen MR) is 95.5 cm³/mol. The Kier molecular flexibility index (Phi) is 6.60. The molecule has 1 aliphatic rings. The second kappa shape index (κ2) is 8.46. The van der Waals surface area contributed by atoms with E-state index in [4.69, 9.17) is 0 Å². The third-order valence-corrected chi connectivity index (χ3v) is 4.54. The number of likely N-dealkylation sites (N-methyl/N-ethyl adjacent to an activating group) is 1. The maximum atomic E-state index is 13.0. The van der Waals surface area contributed by atoms with E-state index in [0.29, 0.717) is 5.92 Å². The van der Waals surface area contributed by atoms with Crippen molar-refractivity contribution in [2.45, 2.75) is 40.8 Å². The molecule has 1 aromatic carbocycles. The summed E-state index contributed by atoms with van der Waals surface area (Å²) < 4.78 is 0. The largest absolute Gasteiger partial charge is 0.337 e. The van der Waals surface area contributed by atoms with Crippen molar-refractivity contribution in [2.24, 2.45) is 5.92 Å². The van der Waals surface area contributed by atoms with Gasteiger partial charge in [-0.1, -0.05) is 33.8 Å². The van der Waals surface area contributed by atoms with E-state index in [1.54, 1.807) is 0 Å². The molecule has 0 unspecified atom stereocenters. The summed E-state index contributed by atoms with van der Waals surface area (Å²) in [7, 11) is 0. The van der Waals surface area contributed by atoms with Crippen LogP contribution in [0.15, 0.2) is 18.2 Å². The molecule has 0 aromatic heterocycles. The van der Waals surface area contributed by atoms with Gasteiger partial charge in [0.1, 0.15) is 0 Å². The number of benzene rings is 1. The van der Waals surface area contributed by atoms with E-state index in [0.717, 1.165) is 51.4 Å². The van der Waals surface area contributed by atoms with Crippen molar-refractivity contribution in [3.8, 4) is 0 Å². The number of carbonyl (C=O) groups excluding carboxylic acids is 1. The zero-order valence-electron chi connectivity index (χ0n) is 15.1. The van der Waals surface area contributed by atoms with E-state index in [1.165, 1.54) is 11.1 Å². The first kappa shape index (κ1) is 18.0. The Balaban J connectivity index is 2.09. The predicted octanol–water partition coefficient (Wildman–Crippen LogP) is 2.73. The summed E-state index contributed by atoms with van der Waals surface area (Å²) in [5.74, 6) is 0.646. The SMILES string of the molecule is CCN(CC)CCN(CC(C)C)C(=O)c1ccc2c(c1)CNC2. The van der Waals surface area contributed by atoms with E-state index in [9.17, 15) is 4.79 Å². The molecular formula is C19H31N3O. The lowest BCUT2D eigenvalue weighted by molar-refractivity contribution is 0.0716. The van der Waals surface area contributed by atoms with Crippen LogP contribution in [0.2, 0.25) is 0 Å². The smallest absolute Gasteiger partial charge is 0.253 e. The molecule has 128 valence electrons. The summed E-state index contributed by atoms with van der Waals surface area (Å²) in [6.45, 7) is 15.1. The van der Waals surface area contributed by atoms with Gasteiger partial charge in [-0.05, 0) is 42.3 Å². The molecule has 2 rings (SSSR count). The summed E-state index contributed by atoms with van der Waals surface area (Å²) in [5.41, 5.74) is 3.41. The van der Waals surface area contributed by atoms with Crippen LogP contribution in [0, 0.1) is 5.92 Å². The van der Waals surface area contributed by atoms with Crippen LogP contribution in [0.25, 0.3) is 0 Å². The van der Waals surface area contributed by atoms with Crippen LogP contribution in [-0.4, -0.2) is 48.4 Å². The Bertz CT molecular complexity index is 523. The first-order valence-electron chi connectivity index (χ1n) is 8.89. The van der Waals surface area contributed by atoms with Crippen LogP contribution >= 0.6 is 0 Å². The van der Waals surface area contributed by atoms with Crippen LogP contribution in [0.4, 0.5) is 0 Å². The maximum absolute atomic E-state index is 13.0. The monoisotopic (exact) mass is 317 g/mol. The first-order valence-corrected chi connectivity index (χ1v) is 8.89. The van der Waals surface area contributed by atoms with Gasteiger partial charge >= 0.3 is 0 Å². The highest BCUT2D eigenvalue weighted by molar-refractivity contribution is 5.94. The van der Waals surface area contributed by atoms with Crippen molar-refractivity contribution in [3.63, 3.8) is 0 Å². The average molecular weight is 317 g/mol. The van der Waals surface area contributed by atoms with Gasteiger partial charge in [-0.2, -0.15) is 0 Å². The molecule has 0 spiro atoms. The van der Waals surface area contributed by atoms with Gasteiger partial charge in [0.15, 0.2) is 0 Å². The van der Waals surface area contributed by atoms with Crippen molar-refractivity contribution in [3.05, 3.63) is 34.9 Å². The van der Waals surface area contributed by atoms with Crippen LogP contribution in [0.5, 0.6) is 0 Å². The fraction of sp³-hybridized carbons (Fsp3) is 0.632. The topological polar surface area (TPSA) is 35.6 Å². The first-order chi connectivity index (χ1) is 11.0. The lowest BCUT2D eigenvalue weighted by Crippen LogP contribution is -2.40. The summed E-state index contributed by atoms with van der Waals surface area (Å²) in [5, 5.41) is 3.34. The Morgan fingerprint density at radius 2 is 1.83 bits per heavy atom. The number of rotatable bonds is 8. The lowest BCUT2D eigenvalue weighted by Gasteiger charge is -2.28. The van der Waals surface area contributed by atoms with Crippen LogP contribution in [0.3, 0.4) is 0 Å². The molecular weight excluding hydrogens is 286 g/mol. The number of carbonyl (C=O) groups is 1. The summed E-state index contributed by atoms with van der Waals surface area (Å²) in [4.78, 5) is 17.3. The van der Waals surface area contributed by atoms with Gasteiger partial charge in [-0.15, -0.1) is 0 Å². The quantitative estimate of drug-likeness (QED) is 0.801. The molecule has 4 nitrogen and oxygen atoms in total. The second-order valence-corrected chi connectivity index (χ2v) is 6.76. The molecule has 0 bridgehead atoms. The van der Waals surface area contributed by atoms with Gasteiger partial charge in [0, 0.05) is 38.3 Å². The molecule has 0 saturated carbocycles. The second-order valence-electron chi connectivity index (χ2n) is 6.76. The summed E-state index contributed by atoms with van der Waals surface area (Å²) in [6.07, 6.45) is 0. The third-order valence-electron chi connectivity index (χ3n) is 4.54. The molecule has 0 atom stereocenters. The third kappa shape index (κ3) is 4.79. The van der Waals surface area contributed by atoms with E-state index in [2.05, 4.69) is 50.0 Å². The van der Waals surface area contributed by atoms with E-state index in [-0.39, 0.29) is 5.91 Å². The number of nitrogens with zero attached hydrogens (tertiary/aromatic N) is 2. The van der Waals surface area contributed by atoms with Gasteiger partial charge in [0.2, 0.25) is 0 Å². The number of nitrogens with one attached hydrogen (secondary N) is 1. The molecule has 1 N–H and O–H groups in total. The van der Waals surface area contributed by atoms with Gasteiger partial charge in [0.25, 0.3) is 5.91 Å². The van der Waals surface area contributed by atoms with Crippen molar-refractivity contribution in [1.29, 1.82) is 0 Å². The average Bonchev–Trinajstić information content (AvgIpc) is 3.01. The fourth-order valence-corrected chi connectivity index (χ4v) is 3.13. The van der Waals surface area contributed by atoms with E-state index < -0.39 is 0 Å². The van der Waals surface area contributed by atoms with Crippen LogP contribution in [-0.2, 0) is 13.1 Å². The van der Waals surface area contributed by atoms with Gasteiger partial charge in [0.05, 0.1) is 0 Å². The molecule has 0 saturated heterocycles. The van der Waals surface area contributed by atoms with Crippen LogP contribution in [0.1, 0.15) is 49.2 Å². The highest BCUT2D eigenvalue weighted by Crippen LogP contribution is 2.18. The zero-order chi connectivity index (χ0) is 16.8. The molecule has 1 amide bonds. The highest BCUT2D eigenvalue weighted by Gasteiger charge is 2.19. The Morgan fingerprint density at radius 1 is 1.13 bits per heavy atom. The van der Waals surface area contributed by atoms with Crippen molar-refractivity contribution in [1.82, 2.24) is 15.1 Å². The number of amides is 1. The van der Waals surface area contributed by atoms with E-state index >= 15 is 0 Å². The van der Waals surface area contributed by atoms with Crippen molar-refractivity contribution < 1.29 is 4.79 Å². The number of fused-ring (bicyclic) bond motifs is 1. The maximum Gasteiger partial charge on any atom is 0.253 e. The molecule has 1 aliphatic heterocycles. The van der Waals surface area contributed by atoms with Gasteiger partial charge in [-0.3, -0.25) is 4.79 Å². The molecule has 0 fully saturated rings. The minimum absolute atomic E-state index is 0.167. The molecule has 0 radical (unpaired) electrons. The number of hydrogen-bond donors (Lipinski definition) is 1. The summed E-state index contributed by atoms with van der Waals surface area (Å²) >= 11 is 0. The summed E-state index contributed by atoms with van der Waals surface area (Å²) in [6, 6.07) is 6.15. The Labute approximate surface area is 140 Å². The molecule has 23 heavy (non-hydrogen) atoms. The van der Waals surface area contributed by atoms with E-state index in [1.807, 2.05) is 11.0 Å². The van der Waals surface area contributed by atoms with Crippen molar-refractivity contribution >= 4 is 5.91 Å². The minimum Gasteiger partial charge on any atom is -0.337 e.